The maximum Gasteiger partial charge on any atom is 0.244 e. The van der Waals surface area contributed by atoms with E-state index in [4.69, 9.17) is 0 Å². The summed E-state index contributed by atoms with van der Waals surface area (Å²) in [4.78, 5) is 22.2. The molecule has 8 nitrogen and oxygen atoms in total. The van der Waals surface area contributed by atoms with Crippen LogP contribution in [0.15, 0.2) is 0 Å². The number of aromatic nitrogens is 5. The molecule has 0 bridgehead atoms. The molecule has 1 amide bonds. The van der Waals surface area contributed by atoms with Gasteiger partial charge in [0.05, 0.1) is 23.3 Å². The minimum atomic E-state index is -0.0873. The fourth-order valence-electron chi connectivity index (χ4n) is 2.44. The van der Waals surface area contributed by atoms with Crippen LogP contribution in [-0.2, 0) is 17.9 Å². The second-order valence-corrected chi connectivity index (χ2v) is 8.02. The number of hydrogen-bond acceptors (Lipinski definition) is 7. The van der Waals surface area contributed by atoms with Gasteiger partial charge in [0.2, 0.25) is 5.91 Å². The van der Waals surface area contributed by atoms with Crippen molar-refractivity contribution in [2.45, 2.75) is 59.8 Å². The molecule has 0 aromatic carbocycles. The van der Waals surface area contributed by atoms with E-state index in [-0.39, 0.29) is 18.5 Å². The molecule has 2 aromatic heterocycles. The molecule has 0 radical (unpaired) electrons. The smallest absolute Gasteiger partial charge is 0.244 e. The van der Waals surface area contributed by atoms with Gasteiger partial charge in [-0.1, -0.05) is 0 Å². The van der Waals surface area contributed by atoms with Gasteiger partial charge in [-0.3, -0.25) is 9.69 Å². The number of aryl methyl sites for hydroxylation is 2. The number of tetrazole rings is 1. The van der Waals surface area contributed by atoms with Crippen molar-refractivity contribution in [2.24, 2.45) is 0 Å². The van der Waals surface area contributed by atoms with Gasteiger partial charge in [0.15, 0.2) is 5.82 Å². The van der Waals surface area contributed by atoms with Gasteiger partial charge in [0.25, 0.3) is 0 Å². The first-order valence-electron chi connectivity index (χ1n) is 8.35. The normalized spacial score (nSPS) is 12.8. The molecule has 0 fully saturated rings. The average Bonchev–Trinajstić information content (AvgIpc) is 3.11. The molecule has 0 spiro atoms. The van der Waals surface area contributed by atoms with Gasteiger partial charge in [-0.2, -0.15) is 0 Å². The Labute approximate surface area is 152 Å². The lowest BCUT2D eigenvalue weighted by Crippen LogP contribution is -2.34. The van der Waals surface area contributed by atoms with Crippen LogP contribution in [0.25, 0.3) is 0 Å². The molecule has 0 saturated heterocycles. The highest BCUT2D eigenvalue weighted by Crippen LogP contribution is 2.26. The molecule has 2 aromatic rings. The molecule has 0 aliphatic heterocycles. The lowest BCUT2D eigenvalue weighted by molar-refractivity contribution is -0.132. The third kappa shape index (κ3) is 4.60. The van der Waals surface area contributed by atoms with Crippen molar-refractivity contribution in [3.8, 4) is 0 Å². The number of likely N-dealkylation sites (N-methyl/N-ethyl adjacent to an activating group) is 1. The number of carbonyl (C=O) groups excluding carboxylic acids is 1. The summed E-state index contributed by atoms with van der Waals surface area (Å²) in [5.41, 5.74) is 0.954. The van der Waals surface area contributed by atoms with E-state index in [9.17, 15) is 4.79 Å². The Hall–Kier alpha value is -1.87. The van der Waals surface area contributed by atoms with Crippen molar-refractivity contribution < 1.29 is 4.79 Å². The number of thiazole rings is 1. The van der Waals surface area contributed by atoms with E-state index < -0.39 is 0 Å². The fourth-order valence-corrected chi connectivity index (χ4v) is 3.34. The van der Waals surface area contributed by atoms with Gasteiger partial charge in [-0.05, 0) is 52.1 Å². The zero-order valence-electron chi connectivity index (χ0n) is 16.0. The summed E-state index contributed by atoms with van der Waals surface area (Å²) in [5.74, 6) is 0.643. The van der Waals surface area contributed by atoms with Crippen molar-refractivity contribution in [3.63, 3.8) is 0 Å². The second kappa shape index (κ2) is 8.01. The van der Waals surface area contributed by atoms with E-state index in [0.717, 1.165) is 15.6 Å². The number of amides is 1. The van der Waals surface area contributed by atoms with Gasteiger partial charge >= 0.3 is 0 Å². The van der Waals surface area contributed by atoms with Crippen molar-refractivity contribution in [1.29, 1.82) is 0 Å². The minimum Gasteiger partial charge on any atom is -0.336 e. The van der Waals surface area contributed by atoms with Crippen LogP contribution in [0.3, 0.4) is 0 Å². The number of rotatable bonds is 7. The summed E-state index contributed by atoms with van der Waals surface area (Å²) in [6.45, 7) is 10.9. The lowest BCUT2D eigenvalue weighted by Gasteiger charge is -2.25. The Bertz CT molecular complexity index is 724. The highest BCUT2D eigenvalue weighted by Gasteiger charge is 2.23. The Morgan fingerprint density at radius 1 is 1.24 bits per heavy atom. The Morgan fingerprint density at radius 2 is 1.92 bits per heavy atom. The van der Waals surface area contributed by atoms with Crippen LogP contribution in [0, 0.1) is 13.8 Å². The Morgan fingerprint density at radius 3 is 2.48 bits per heavy atom. The van der Waals surface area contributed by atoms with E-state index in [1.165, 1.54) is 0 Å². The molecular weight excluding hydrogens is 338 g/mol. The largest absolute Gasteiger partial charge is 0.336 e. The maximum atomic E-state index is 12.7. The molecule has 1 atom stereocenters. The summed E-state index contributed by atoms with van der Waals surface area (Å²) in [6.07, 6.45) is 0. The SMILES string of the molecule is Cc1nc(C(C)N(C)C(=O)Cn2nnnc2CN(C)C(C)C)c(C)s1. The Kier molecular flexibility index (Phi) is 6.23. The summed E-state index contributed by atoms with van der Waals surface area (Å²) < 4.78 is 1.57. The molecular formula is C16H27N7OS. The van der Waals surface area contributed by atoms with Crippen LogP contribution < -0.4 is 0 Å². The van der Waals surface area contributed by atoms with E-state index in [1.54, 1.807) is 28.0 Å². The van der Waals surface area contributed by atoms with Crippen LogP contribution in [0.4, 0.5) is 0 Å². The first-order chi connectivity index (χ1) is 11.7. The van der Waals surface area contributed by atoms with Gasteiger partial charge in [-0.25, -0.2) is 9.67 Å². The number of nitrogens with zero attached hydrogens (tertiary/aromatic N) is 7. The third-order valence-electron chi connectivity index (χ3n) is 4.47. The van der Waals surface area contributed by atoms with Crippen molar-refractivity contribution >= 4 is 17.2 Å². The van der Waals surface area contributed by atoms with Gasteiger partial charge in [0.1, 0.15) is 6.54 Å². The third-order valence-corrected chi connectivity index (χ3v) is 5.37. The topological polar surface area (TPSA) is 80.0 Å². The molecule has 0 aliphatic rings. The first kappa shape index (κ1) is 19.5. The van der Waals surface area contributed by atoms with E-state index >= 15 is 0 Å². The minimum absolute atomic E-state index is 0.0432. The van der Waals surface area contributed by atoms with Gasteiger partial charge < -0.3 is 4.90 Å². The van der Waals surface area contributed by atoms with Crippen LogP contribution in [0.2, 0.25) is 0 Å². The molecule has 0 saturated carbocycles. The van der Waals surface area contributed by atoms with Crippen LogP contribution in [0.1, 0.15) is 48.2 Å². The van der Waals surface area contributed by atoms with Crippen LogP contribution in [-0.4, -0.2) is 61.0 Å². The predicted molar refractivity (Wildman–Crippen MR) is 97.2 cm³/mol. The Balaban J connectivity index is 2.07. The van der Waals surface area contributed by atoms with E-state index in [0.29, 0.717) is 18.4 Å². The molecule has 138 valence electrons. The fraction of sp³-hybridized carbons (Fsp3) is 0.688. The van der Waals surface area contributed by atoms with E-state index in [2.05, 4.69) is 39.3 Å². The molecule has 2 heterocycles. The second-order valence-electron chi connectivity index (χ2n) is 6.62. The summed E-state index contributed by atoms with van der Waals surface area (Å²) >= 11 is 1.65. The average molecular weight is 366 g/mol. The molecule has 0 aliphatic carbocycles. The highest BCUT2D eigenvalue weighted by molar-refractivity contribution is 7.11. The van der Waals surface area contributed by atoms with Crippen molar-refractivity contribution in [2.75, 3.05) is 14.1 Å². The molecule has 9 heteroatoms. The zero-order valence-corrected chi connectivity index (χ0v) is 16.8. The van der Waals surface area contributed by atoms with Crippen LogP contribution in [0.5, 0.6) is 0 Å². The zero-order chi connectivity index (χ0) is 18.7. The highest BCUT2D eigenvalue weighted by atomic mass is 32.1. The summed E-state index contributed by atoms with van der Waals surface area (Å²) in [5, 5.41) is 12.8. The monoisotopic (exact) mass is 365 g/mol. The first-order valence-corrected chi connectivity index (χ1v) is 9.17. The quantitative estimate of drug-likeness (QED) is 0.744. The lowest BCUT2D eigenvalue weighted by atomic mass is 10.2. The molecule has 2 rings (SSSR count). The summed E-state index contributed by atoms with van der Waals surface area (Å²) in [7, 11) is 3.80. The van der Waals surface area contributed by atoms with E-state index in [1.807, 2.05) is 27.8 Å². The standard InChI is InChI=1S/C16H27N7OS/c1-10(2)21(6)8-14-18-19-20-23(14)9-15(24)22(7)11(3)16-12(4)25-13(5)17-16/h10-11H,8-9H2,1-7H3. The van der Waals surface area contributed by atoms with Gasteiger partial charge in [-0.15, -0.1) is 16.4 Å². The van der Waals surface area contributed by atoms with Gasteiger partial charge in [0, 0.05) is 18.0 Å². The van der Waals surface area contributed by atoms with Crippen LogP contribution >= 0.6 is 11.3 Å². The number of carbonyl (C=O) groups is 1. The number of hydrogen-bond donors (Lipinski definition) is 0. The maximum absolute atomic E-state index is 12.7. The molecule has 25 heavy (non-hydrogen) atoms. The predicted octanol–water partition coefficient (Wildman–Crippen LogP) is 1.81. The summed E-state index contributed by atoms with van der Waals surface area (Å²) in [6, 6.07) is 0.287. The molecule has 0 N–H and O–H groups in total. The molecule has 1 unspecified atom stereocenters. The van der Waals surface area contributed by atoms with Crippen molar-refractivity contribution in [1.82, 2.24) is 35.0 Å². The van der Waals surface area contributed by atoms with Crippen molar-refractivity contribution in [3.05, 3.63) is 21.4 Å².